The molecule has 0 bridgehead atoms. The Morgan fingerprint density at radius 3 is 2.58 bits per heavy atom. The molecule has 126 valence electrons. The van der Waals surface area contributed by atoms with Gasteiger partial charge in [-0.15, -0.1) is 0 Å². The van der Waals surface area contributed by atoms with Gasteiger partial charge < -0.3 is 9.47 Å². The van der Waals surface area contributed by atoms with Crippen LogP contribution in [0.1, 0.15) is 19.4 Å². The Morgan fingerprint density at radius 2 is 1.96 bits per heavy atom. The van der Waals surface area contributed by atoms with E-state index in [1.807, 2.05) is 24.3 Å². The summed E-state index contributed by atoms with van der Waals surface area (Å²) in [4.78, 5) is 15.8. The Labute approximate surface area is 154 Å². The predicted molar refractivity (Wildman–Crippen MR) is 99.6 cm³/mol. The Hall–Kier alpha value is -1.85. The fourth-order valence-corrected chi connectivity index (χ4v) is 2.23. The van der Waals surface area contributed by atoms with E-state index < -0.39 is 0 Å². The highest BCUT2D eigenvalue weighted by molar-refractivity contribution is 9.10. The Kier molecular flexibility index (Phi) is 6.82. The Bertz CT molecular complexity index is 730. The molecule has 0 saturated carbocycles. The van der Waals surface area contributed by atoms with Crippen molar-refractivity contribution in [1.29, 1.82) is 0 Å². The number of carbonyl (C=O) groups excluding carboxylic acids is 1. The monoisotopic (exact) mass is 409 g/mol. The summed E-state index contributed by atoms with van der Waals surface area (Å²) < 4.78 is 11.2. The Morgan fingerprint density at radius 1 is 1.25 bits per heavy atom. The first-order valence-electron chi connectivity index (χ1n) is 7.35. The van der Waals surface area contributed by atoms with Crippen LogP contribution in [-0.4, -0.2) is 24.9 Å². The van der Waals surface area contributed by atoms with Crippen LogP contribution >= 0.6 is 27.5 Å². The van der Waals surface area contributed by atoms with Gasteiger partial charge in [-0.25, -0.2) is 4.79 Å². The van der Waals surface area contributed by atoms with Crippen LogP contribution < -0.4 is 4.74 Å². The molecule has 2 aromatic rings. The summed E-state index contributed by atoms with van der Waals surface area (Å²) in [6, 6.07) is 12.8. The highest BCUT2D eigenvalue weighted by Gasteiger charge is 2.06. The van der Waals surface area contributed by atoms with E-state index in [4.69, 9.17) is 21.1 Å². The van der Waals surface area contributed by atoms with Crippen molar-refractivity contribution in [3.05, 3.63) is 57.5 Å². The molecule has 0 amide bonds. The zero-order chi connectivity index (χ0) is 17.5. The van der Waals surface area contributed by atoms with Gasteiger partial charge in [-0.1, -0.05) is 11.6 Å². The third-order valence-corrected chi connectivity index (χ3v) is 4.10. The predicted octanol–water partition coefficient (Wildman–Crippen LogP) is 5.18. The molecule has 2 aromatic carbocycles. The summed E-state index contributed by atoms with van der Waals surface area (Å²) in [6.45, 7) is 3.48. The van der Waals surface area contributed by atoms with Crippen molar-refractivity contribution in [2.24, 2.45) is 4.99 Å². The normalized spacial score (nSPS) is 11.0. The smallest absolute Gasteiger partial charge is 0.344 e. The van der Waals surface area contributed by atoms with Crippen molar-refractivity contribution in [3.8, 4) is 5.75 Å². The molecule has 0 heterocycles. The number of aliphatic imine (C=N–C) groups is 1. The van der Waals surface area contributed by atoms with Gasteiger partial charge >= 0.3 is 5.97 Å². The molecule has 0 saturated heterocycles. The van der Waals surface area contributed by atoms with E-state index >= 15 is 0 Å². The van der Waals surface area contributed by atoms with Crippen molar-refractivity contribution in [2.45, 2.75) is 20.0 Å². The lowest BCUT2D eigenvalue weighted by Crippen LogP contribution is -2.18. The SMILES string of the molecule is CC(C)OC(=O)COc1ccc(C=Nc2ccc(Br)c(Cl)c2)cc1. The molecule has 0 unspecified atom stereocenters. The van der Waals surface area contributed by atoms with Gasteiger partial charge in [0.15, 0.2) is 6.61 Å². The molecule has 0 aliphatic heterocycles. The molecule has 6 heteroatoms. The van der Waals surface area contributed by atoms with Crippen LogP contribution in [0, 0.1) is 0 Å². The number of nitrogens with zero attached hydrogens (tertiary/aromatic N) is 1. The molecule has 0 aliphatic rings. The lowest BCUT2D eigenvalue weighted by Gasteiger charge is -2.09. The zero-order valence-electron chi connectivity index (χ0n) is 13.3. The average Bonchev–Trinajstić information content (AvgIpc) is 2.54. The minimum atomic E-state index is -0.386. The molecule has 2 rings (SSSR count). The van der Waals surface area contributed by atoms with Crippen LogP contribution in [0.2, 0.25) is 5.02 Å². The van der Waals surface area contributed by atoms with Crippen molar-refractivity contribution in [2.75, 3.05) is 6.61 Å². The lowest BCUT2D eigenvalue weighted by atomic mass is 10.2. The first-order chi connectivity index (χ1) is 11.4. The number of hydrogen-bond donors (Lipinski definition) is 0. The second-order valence-electron chi connectivity index (χ2n) is 5.25. The van der Waals surface area contributed by atoms with E-state index in [1.165, 1.54) is 0 Å². The number of carbonyl (C=O) groups is 1. The van der Waals surface area contributed by atoms with E-state index in [-0.39, 0.29) is 18.7 Å². The van der Waals surface area contributed by atoms with E-state index in [2.05, 4.69) is 20.9 Å². The van der Waals surface area contributed by atoms with Crippen LogP contribution in [0.5, 0.6) is 5.75 Å². The molecular formula is C18H17BrClNO3. The first-order valence-corrected chi connectivity index (χ1v) is 8.52. The van der Waals surface area contributed by atoms with E-state index in [9.17, 15) is 4.79 Å². The molecular weight excluding hydrogens is 394 g/mol. The summed E-state index contributed by atoms with van der Waals surface area (Å²) >= 11 is 9.37. The number of benzene rings is 2. The molecule has 0 N–H and O–H groups in total. The largest absolute Gasteiger partial charge is 0.482 e. The minimum Gasteiger partial charge on any atom is -0.482 e. The molecule has 0 radical (unpaired) electrons. The van der Waals surface area contributed by atoms with Gasteiger partial charge in [-0.2, -0.15) is 0 Å². The number of hydrogen-bond acceptors (Lipinski definition) is 4. The standard InChI is InChI=1S/C18H17BrClNO3/c1-12(2)24-18(22)11-23-15-6-3-13(4-7-15)10-21-14-5-8-16(19)17(20)9-14/h3-10,12H,11H2,1-2H3. The highest BCUT2D eigenvalue weighted by Crippen LogP contribution is 2.26. The molecule has 4 nitrogen and oxygen atoms in total. The summed E-state index contributed by atoms with van der Waals surface area (Å²) in [5.41, 5.74) is 1.67. The van der Waals surface area contributed by atoms with Gasteiger partial charge in [-0.3, -0.25) is 4.99 Å². The quantitative estimate of drug-likeness (QED) is 0.487. The molecule has 0 atom stereocenters. The minimum absolute atomic E-state index is 0.108. The third-order valence-electron chi connectivity index (χ3n) is 2.87. The molecule has 0 spiro atoms. The topological polar surface area (TPSA) is 47.9 Å². The number of rotatable bonds is 6. The lowest BCUT2D eigenvalue weighted by molar-refractivity contribution is -0.149. The van der Waals surface area contributed by atoms with E-state index in [0.717, 1.165) is 15.7 Å². The van der Waals surface area contributed by atoms with Crippen LogP contribution in [0.15, 0.2) is 51.9 Å². The number of halogens is 2. The maximum absolute atomic E-state index is 11.4. The van der Waals surface area contributed by atoms with Gasteiger partial charge in [0.2, 0.25) is 0 Å². The van der Waals surface area contributed by atoms with Crippen LogP contribution in [0.3, 0.4) is 0 Å². The van der Waals surface area contributed by atoms with Crippen LogP contribution in [0.4, 0.5) is 5.69 Å². The first kappa shape index (κ1) is 18.5. The third kappa shape index (κ3) is 5.98. The van der Waals surface area contributed by atoms with E-state index in [0.29, 0.717) is 10.8 Å². The van der Waals surface area contributed by atoms with Gasteiger partial charge in [-0.05, 0) is 77.8 Å². The summed E-state index contributed by atoms with van der Waals surface area (Å²) in [5.74, 6) is 0.210. The van der Waals surface area contributed by atoms with Gasteiger partial charge in [0, 0.05) is 10.7 Å². The molecule has 0 fully saturated rings. The fourth-order valence-electron chi connectivity index (χ4n) is 1.80. The van der Waals surface area contributed by atoms with Crippen molar-refractivity contribution in [1.82, 2.24) is 0 Å². The van der Waals surface area contributed by atoms with Gasteiger partial charge in [0.05, 0.1) is 16.8 Å². The van der Waals surface area contributed by atoms with Gasteiger partial charge in [0.1, 0.15) is 5.75 Å². The van der Waals surface area contributed by atoms with Crippen molar-refractivity contribution >= 4 is 45.4 Å². The van der Waals surface area contributed by atoms with Crippen molar-refractivity contribution < 1.29 is 14.3 Å². The second-order valence-corrected chi connectivity index (χ2v) is 6.51. The Balaban J connectivity index is 1.93. The zero-order valence-corrected chi connectivity index (χ0v) is 15.7. The molecule has 24 heavy (non-hydrogen) atoms. The number of ether oxygens (including phenoxy) is 2. The fraction of sp³-hybridized carbons (Fsp3) is 0.222. The van der Waals surface area contributed by atoms with E-state index in [1.54, 1.807) is 38.3 Å². The molecule has 0 aromatic heterocycles. The maximum atomic E-state index is 11.4. The highest BCUT2D eigenvalue weighted by atomic mass is 79.9. The average molecular weight is 411 g/mol. The van der Waals surface area contributed by atoms with Crippen LogP contribution in [0.25, 0.3) is 0 Å². The summed E-state index contributed by atoms with van der Waals surface area (Å²) in [7, 11) is 0. The summed E-state index contributed by atoms with van der Waals surface area (Å²) in [6.07, 6.45) is 1.59. The summed E-state index contributed by atoms with van der Waals surface area (Å²) in [5, 5.41) is 0.613. The second kappa shape index (κ2) is 8.85. The van der Waals surface area contributed by atoms with Crippen LogP contribution in [-0.2, 0) is 9.53 Å². The number of esters is 1. The van der Waals surface area contributed by atoms with Gasteiger partial charge in [0.25, 0.3) is 0 Å². The maximum Gasteiger partial charge on any atom is 0.344 e. The van der Waals surface area contributed by atoms with Crippen molar-refractivity contribution in [3.63, 3.8) is 0 Å². The molecule has 0 aliphatic carbocycles.